The fraction of sp³-hybridized carbons (Fsp3) is 0.833. The van der Waals surface area contributed by atoms with E-state index in [0.717, 1.165) is 31.8 Å². The number of rotatable bonds is 0. The van der Waals surface area contributed by atoms with Gasteiger partial charge in [-0.3, -0.25) is 14.7 Å². The molecule has 1 saturated heterocycles. The van der Waals surface area contributed by atoms with Crippen molar-refractivity contribution < 1.29 is 4.79 Å². The smallest absolute Gasteiger partial charge is 0.253 e. The number of carbonyl (C=O) groups excluding carboxylic acids is 1. The molecule has 2 rings (SSSR count). The minimum Gasteiger partial charge on any atom is -0.313 e. The summed E-state index contributed by atoms with van der Waals surface area (Å²) in [5.41, 5.74) is -0.263. The first-order valence-electron chi connectivity index (χ1n) is 5.96. The molecule has 1 amide bonds. The number of hydrogen-bond acceptors (Lipinski definition) is 3. The maximum atomic E-state index is 11.9. The van der Waals surface area contributed by atoms with E-state index < -0.39 is 5.54 Å². The highest BCUT2D eigenvalue weighted by atomic mass is 16.2. The third kappa shape index (κ3) is 1.86. The van der Waals surface area contributed by atoms with Gasteiger partial charge in [-0.15, -0.1) is 0 Å². The molecule has 0 aromatic carbocycles. The van der Waals surface area contributed by atoms with Gasteiger partial charge in [0.05, 0.1) is 0 Å². The highest BCUT2D eigenvalue weighted by Crippen LogP contribution is 2.32. The van der Waals surface area contributed by atoms with Crippen molar-refractivity contribution in [2.75, 3.05) is 13.1 Å². The van der Waals surface area contributed by atoms with Gasteiger partial charge in [0.25, 0.3) is 5.91 Å². The van der Waals surface area contributed by atoms with Gasteiger partial charge in [0.15, 0.2) is 0 Å². The Morgan fingerprint density at radius 1 is 1.31 bits per heavy atom. The predicted octanol–water partition coefficient (Wildman–Crippen LogP) is 1.17. The summed E-state index contributed by atoms with van der Waals surface area (Å²) < 4.78 is 0. The molecule has 1 fully saturated rings. The third-order valence-corrected chi connectivity index (χ3v) is 3.64. The minimum absolute atomic E-state index is 0.0959. The Balaban J connectivity index is 2.08. The zero-order valence-corrected chi connectivity index (χ0v) is 10.6. The highest BCUT2D eigenvalue weighted by molar-refractivity contribution is 6.07. The number of amides is 1. The molecule has 0 aromatic rings. The van der Waals surface area contributed by atoms with E-state index in [4.69, 9.17) is 0 Å². The van der Waals surface area contributed by atoms with Crippen molar-refractivity contribution in [3.05, 3.63) is 0 Å². The van der Waals surface area contributed by atoms with Crippen molar-refractivity contribution in [2.45, 2.75) is 51.6 Å². The summed E-state index contributed by atoms with van der Waals surface area (Å²) in [7, 11) is 0. The molecule has 0 aromatic heterocycles. The Bertz CT molecular complexity index is 333. The minimum atomic E-state index is -0.453. The predicted molar refractivity (Wildman–Crippen MR) is 64.5 cm³/mol. The first-order chi connectivity index (χ1) is 7.33. The topological polar surface area (TPSA) is 44.7 Å². The van der Waals surface area contributed by atoms with Crippen LogP contribution in [-0.2, 0) is 4.79 Å². The van der Waals surface area contributed by atoms with Crippen LogP contribution in [0.1, 0.15) is 40.5 Å². The maximum Gasteiger partial charge on any atom is 0.253 e. The second-order valence-electron chi connectivity index (χ2n) is 5.84. The van der Waals surface area contributed by atoms with Gasteiger partial charge >= 0.3 is 0 Å². The zero-order valence-electron chi connectivity index (χ0n) is 10.6. The molecule has 0 bridgehead atoms. The third-order valence-electron chi connectivity index (χ3n) is 3.64. The zero-order chi connectivity index (χ0) is 12.0. The van der Waals surface area contributed by atoms with E-state index in [1.807, 2.05) is 6.92 Å². The number of likely N-dealkylation sites (tertiary alicyclic amines) is 1. The van der Waals surface area contributed by atoms with E-state index in [2.05, 4.69) is 36.0 Å². The lowest BCUT2D eigenvalue weighted by molar-refractivity contribution is -0.125. The largest absolute Gasteiger partial charge is 0.313 e. The van der Waals surface area contributed by atoms with Crippen molar-refractivity contribution in [1.29, 1.82) is 0 Å². The van der Waals surface area contributed by atoms with Crippen LogP contribution in [0.3, 0.4) is 0 Å². The molecule has 2 aliphatic rings. The van der Waals surface area contributed by atoms with Crippen LogP contribution in [0.5, 0.6) is 0 Å². The van der Waals surface area contributed by atoms with Gasteiger partial charge in [-0.25, -0.2) is 0 Å². The molecule has 16 heavy (non-hydrogen) atoms. The van der Waals surface area contributed by atoms with Gasteiger partial charge in [-0.1, -0.05) is 0 Å². The normalized spacial score (nSPS) is 25.8. The van der Waals surface area contributed by atoms with Crippen LogP contribution in [0.2, 0.25) is 0 Å². The molecule has 0 radical (unpaired) electrons. The number of hydrogen-bond donors (Lipinski definition) is 1. The second-order valence-corrected chi connectivity index (χ2v) is 5.84. The molecule has 4 heteroatoms. The quantitative estimate of drug-likeness (QED) is 0.670. The molecule has 0 aliphatic carbocycles. The van der Waals surface area contributed by atoms with Crippen LogP contribution in [0.4, 0.5) is 0 Å². The Morgan fingerprint density at radius 3 is 2.25 bits per heavy atom. The average molecular weight is 223 g/mol. The fourth-order valence-electron chi connectivity index (χ4n) is 2.57. The van der Waals surface area contributed by atoms with E-state index in [-0.39, 0.29) is 11.4 Å². The Labute approximate surface area is 97.1 Å². The molecule has 1 spiro atoms. The number of nitrogens with zero attached hydrogens (tertiary/aromatic N) is 2. The van der Waals surface area contributed by atoms with Gasteiger partial charge in [0, 0.05) is 18.6 Å². The van der Waals surface area contributed by atoms with Crippen molar-refractivity contribution in [2.24, 2.45) is 4.99 Å². The first-order valence-corrected chi connectivity index (χ1v) is 5.96. The molecule has 0 unspecified atom stereocenters. The van der Waals surface area contributed by atoms with Crippen LogP contribution in [0.25, 0.3) is 0 Å². The standard InChI is InChI=1S/C12H21N3O/c1-9-13-10(16)12(14-9)5-7-15(8-6-12)11(2,3)4/h5-8H2,1-4H3,(H,13,14,16). The summed E-state index contributed by atoms with van der Waals surface area (Å²) >= 11 is 0. The van der Waals surface area contributed by atoms with Gasteiger partial charge in [-0.05, 0) is 40.5 Å². The van der Waals surface area contributed by atoms with Crippen molar-refractivity contribution in [3.8, 4) is 0 Å². The monoisotopic (exact) mass is 223 g/mol. The average Bonchev–Trinajstić information content (AvgIpc) is 2.41. The van der Waals surface area contributed by atoms with Gasteiger partial charge in [0.1, 0.15) is 11.4 Å². The fourth-order valence-corrected chi connectivity index (χ4v) is 2.57. The Hall–Kier alpha value is -0.900. The first kappa shape index (κ1) is 11.6. The molecule has 0 atom stereocenters. The van der Waals surface area contributed by atoms with Crippen molar-refractivity contribution in [1.82, 2.24) is 10.2 Å². The Kier molecular flexibility index (Phi) is 2.57. The molecule has 1 N–H and O–H groups in total. The molecule has 2 heterocycles. The molecule has 90 valence electrons. The summed E-state index contributed by atoms with van der Waals surface area (Å²) in [6.07, 6.45) is 1.68. The molecular formula is C12H21N3O. The lowest BCUT2D eigenvalue weighted by Crippen LogP contribution is -2.53. The van der Waals surface area contributed by atoms with Crippen molar-refractivity contribution >= 4 is 11.7 Å². The lowest BCUT2D eigenvalue weighted by atomic mass is 9.86. The SMILES string of the molecule is CC1=NC2(CCN(C(C)(C)C)CC2)C(=O)N1. The number of carbonyl (C=O) groups is 1. The second kappa shape index (κ2) is 3.55. The number of nitrogens with one attached hydrogen (secondary N) is 1. The van der Waals surface area contributed by atoms with Crippen LogP contribution < -0.4 is 5.32 Å². The van der Waals surface area contributed by atoms with Crippen molar-refractivity contribution in [3.63, 3.8) is 0 Å². The van der Waals surface area contributed by atoms with Gasteiger partial charge in [-0.2, -0.15) is 0 Å². The number of aliphatic imine (C=N–C) groups is 1. The summed E-state index contributed by atoms with van der Waals surface area (Å²) in [6.45, 7) is 10.4. The summed E-state index contributed by atoms with van der Waals surface area (Å²) in [6, 6.07) is 0. The van der Waals surface area contributed by atoms with Crippen LogP contribution >= 0.6 is 0 Å². The van der Waals surface area contributed by atoms with Crippen LogP contribution in [0.15, 0.2) is 4.99 Å². The van der Waals surface area contributed by atoms with E-state index >= 15 is 0 Å². The van der Waals surface area contributed by atoms with Gasteiger partial charge in [0.2, 0.25) is 0 Å². The summed E-state index contributed by atoms with van der Waals surface area (Å²) in [4.78, 5) is 18.8. The van der Waals surface area contributed by atoms with Gasteiger partial charge < -0.3 is 5.32 Å². The lowest BCUT2D eigenvalue weighted by Gasteiger charge is -2.42. The van der Waals surface area contributed by atoms with E-state index in [1.54, 1.807) is 0 Å². The molecule has 2 aliphatic heterocycles. The van der Waals surface area contributed by atoms with E-state index in [0.29, 0.717) is 0 Å². The van der Waals surface area contributed by atoms with E-state index in [1.165, 1.54) is 0 Å². The Morgan fingerprint density at radius 2 is 1.88 bits per heavy atom. The maximum absolute atomic E-state index is 11.9. The molecule has 0 saturated carbocycles. The van der Waals surface area contributed by atoms with Crippen LogP contribution in [0, 0.1) is 0 Å². The van der Waals surface area contributed by atoms with Crippen LogP contribution in [-0.4, -0.2) is 40.8 Å². The number of piperidine rings is 1. The van der Waals surface area contributed by atoms with E-state index in [9.17, 15) is 4.79 Å². The highest BCUT2D eigenvalue weighted by Gasteiger charge is 2.45. The molecule has 4 nitrogen and oxygen atoms in total. The number of amidine groups is 1. The molecular weight excluding hydrogens is 202 g/mol. The summed E-state index contributed by atoms with van der Waals surface area (Å²) in [5.74, 6) is 0.868. The summed E-state index contributed by atoms with van der Waals surface area (Å²) in [5, 5.41) is 2.82.